The van der Waals surface area contributed by atoms with Gasteiger partial charge in [-0.15, -0.1) is 0 Å². The average Bonchev–Trinajstić information content (AvgIpc) is 3.16. The minimum absolute atomic E-state index is 0.0620. The first-order chi connectivity index (χ1) is 11.3. The standard InChI is InChI=1S/C15H24N4O4S/c1-12-10-13(23-16-12)11-17-6-8-18(9-7-17)15(20)14-4-3-5-19(14)24(2,21)22/h10,14H,3-9,11H2,1-2H3. The number of aryl methyl sites for hydroxylation is 1. The van der Waals surface area contributed by atoms with Crippen molar-refractivity contribution in [2.24, 2.45) is 0 Å². The molecule has 2 saturated heterocycles. The van der Waals surface area contributed by atoms with Gasteiger partial charge in [-0.05, 0) is 19.8 Å². The number of aromatic nitrogens is 1. The van der Waals surface area contributed by atoms with Crippen molar-refractivity contribution in [1.29, 1.82) is 0 Å². The van der Waals surface area contributed by atoms with E-state index in [1.165, 1.54) is 10.6 Å². The summed E-state index contributed by atoms with van der Waals surface area (Å²) in [5.41, 5.74) is 0.862. The zero-order valence-electron chi connectivity index (χ0n) is 14.1. The fraction of sp³-hybridized carbons (Fsp3) is 0.733. The summed E-state index contributed by atoms with van der Waals surface area (Å²) in [5.74, 6) is 0.763. The fourth-order valence-corrected chi connectivity index (χ4v) is 4.55. The summed E-state index contributed by atoms with van der Waals surface area (Å²) in [5, 5.41) is 3.88. The molecule has 1 amide bonds. The molecule has 2 aliphatic rings. The number of hydrogen-bond donors (Lipinski definition) is 0. The van der Waals surface area contributed by atoms with Gasteiger partial charge >= 0.3 is 0 Å². The van der Waals surface area contributed by atoms with Gasteiger partial charge in [0.2, 0.25) is 15.9 Å². The van der Waals surface area contributed by atoms with Crippen molar-refractivity contribution in [2.45, 2.75) is 32.4 Å². The minimum Gasteiger partial charge on any atom is -0.360 e. The lowest BCUT2D eigenvalue weighted by Crippen LogP contribution is -2.54. The second-order valence-electron chi connectivity index (χ2n) is 6.57. The quantitative estimate of drug-likeness (QED) is 0.758. The van der Waals surface area contributed by atoms with Crippen LogP contribution in [0, 0.1) is 6.92 Å². The molecule has 3 heterocycles. The van der Waals surface area contributed by atoms with E-state index in [9.17, 15) is 13.2 Å². The van der Waals surface area contributed by atoms with Gasteiger partial charge in [-0.3, -0.25) is 9.69 Å². The molecule has 0 aliphatic carbocycles. The van der Waals surface area contributed by atoms with E-state index in [-0.39, 0.29) is 5.91 Å². The van der Waals surface area contributed by atoms with Crippen LogP contribution in [0.5, 0.6) is 0 Å². The molecule has 0 bridgehead atoms. The Morgan fingerprint density at radius 3 is 2.58 bits per heavy atom. The molecule has 3 rings (SSSR count). The Balaban J connectivity index is 1.55. The van der Waals surface area contributed by atoms with Crippen molar-refractivity contribution in [2.75, 3.05) is 39.0 Å². The first kappa shape index (κ1) is 17.4. The topological polar surface area (TPSA) is 87.0 Å². The van der Waals surface area contributed by atoms with Crippen molar-refractivity contribution in [3.63, 3.8) is 0 Å². The van der Waals surface area contributed by atoms with Crippen LogP contribution in [0.2, 0.25) is 0 Å². The Morgan fingerprint density at radius 2 is 2.00 bits per heavy atom. The van der Waals surface area contributed by atoms with E-state index < -0.39 is 16.1 Å². The van der Waals surface area contributed by atoms with Crippen LogP contribution in [0.25, 0.3) is 0 Å². The van der Waals surface area contributed by atoms with Crippen LogP contribution in [-0.2, 0) is 21.4 Å². The molecule has 134 valence electrons. The smallest absolute Gasteiger partial charge is 0.241 e. The van der Waals surface area contributed by atoms with Gasteiger partial charge in [0.1, 0.15) is 6.04 Å². The molecule has 2 aliphatic heterocycles. The number of rotatable bonds is 4. The maximum absolute atomic E-state index is 12.7. The van der Waals surface area contributed by atoms with Crippen LogP contribution in [0.1, 0.15) is 24.3 Å². The Hall–Kier alpha value is -1.45. The molecule has 1 unspecified atom stereocenters. The highest BCUT2D eigenvalue weighted by Crippen LogP contribution is 2.23. The lowest BCUT2D eigenvalue weighted by Gasteiger charge is -2.36. The Morgan fingerprint density at radius 1 is 1.29 bits per heavy atom. The van der Waals surface area contributed by atoms with E-state index in [0.717, 1.165) is 31.0 Å². The van der Waals surface area contributed by atoms with Gasteiger partial charge in [-0.1, -0.05) is 5.16 Å². The third-order valence-electron chi connectivity index (χ3n) is 4.65. The molecule has 0 saturated carbocycles. The van der Waals surface area contributed by atoms with Crippen LogP contribution in [0.4, 0.5) is 0 Å². The molecule has 1 atom stereocenters. The van der Waals surface area contributed by atoms with E-state index in [0.29, 0.717) is 32.6 Å². The van der Waals surface area contributed by atoms with Crippen molar-refractivity contribution in [3.8, 4) is 0 Å². The van der Waals surface area contributed by atoms with E-state index in [1.807, 2.05) is 13.0 Å². The van der Waals surface area contributed by atoms with Gasteiger partial charge < -0.3 is 9.42 Å². The van der Waals surface area contributed by atoms with Crippen molar-refractivity contribution < 1.29 is 17.7 Å². The fourth-order valence-electron chi connectivity index (χ4n) is 3.43. The highest BCUT2D eigenvalue weighted by molar-refractivity contribution is 7.88. The number of carbonyl (C=O) groups is 1. The summed E-state index contributed by atoms with van der Waals surface area (Å²) in [6, 6.07) is 1.39. The average molecular weight is 356 g/mol. The monoisotopic (exact) mass is 356 g/mol. The van der Waals surface area contributed by atoms with Crippen LogP contribution in [-0.4, -0.2) is 78.6 Å². The second kappa shape index (κ2) is 6.81. The summed E-state index contributed by atoms with van der Waals surface area (Å²) in [7, 11) is -3.33. The van der Waals surface area contributed by atoms with Crippen LogP contribution in [0.3, 0.4) is 0 Å². The molecule has 2 fully saturated rings. The summed E-state index contributed by atoms with van der Waals surface area (Å²) in [6.07, 6.45) is 2.54. The molecule has 1 aromatic rings. The molecule has 0 N–H and O–H groups in total. The molecular weight excluding hydrogens is 332 g/mol. The van der Waals surface area contributed by atoms with Crippen molar-refractivity contribution in [1.82, 2.24) is 19.3 Å². The number of piperazine rings is 1. The van der Waals surface area contributed by atoms with Crippen molar-refractivity contribution in [3.05, 3.63) is 17.5 Å². The van der Waals surface area contributed by atoms with Gasteiger partial charge in [-0.2, -0.15) is 4.31 Å². The predicted octanol–water partition coefficient (Wildman–Crippen LogP) is 0.0512. The molecule has 0 radical (unpaired) electrons. The Labute approximate surface area is 142 Å². The minimum atomic E-state index is -3.33. The highest BCUT2D eigenvalue weighted by atomic mass is 32.2. The highest BCUT2D eigenvalue weighted by Gasteiger charge is 2.39. The lowest BCUT2D eigenvalue weighted by atomic mass is 10.2. The summed E-state index contributed by atoms with van der Waals surface area (Å²) in [4.78, 5) is 16.7. The van der Waals surface area contributed by atoms with E-state index in [4.69, 9.17) is 4.52 Å². The molecular formula is C15H24N4O4S. The molecule has 8 nitrogen and oxygen atoms in total. The first-order valence-corrected chi connectivity index (χ1v) is 10.1. The van der Waals surface area contributed by atoms with Gasteiger partial charge in [0.15, 0.2) is 5.76 Å². The second-order valence-corrected chi connectivity index (χ2v) is 8.50. The zero-order valence-corrected chi connectivity index (χ0v) is 15.0. The molecule has 1 aromatic heterocycles. The molecule has 0 aromatic carbocycles. The lowest BCUT2D eigenvalue weighted by molar-refractivity contribution is -0.136. The van der Waals surface area contributed by atoms with E-state index in [2.05, 4.69) is 10.1 Å². The maximum Gasteiger partial charge on any atom is 0.241 e. The third kappa shape index (κ3) is 3.79. The summed E-state index contributed by atoms with van der Waals surface area (Å²) < 4.78 is 30.2. The molecule has 24 heavy (non-hydrogen) atoms. The number of sulfonamides is 1. The summed E-state index contributed by atoms with van der Waals surface area (Å²) >= 11 is 0. The Bertz CT molecular complexity index is 694. The number of nitrogens with zero attached hydrogens (tertiary/aromatic N) is 4. The van der Waals surface area contributed by atoms with Gasteiger partial charge in [0, 0.05) is 38.8 Å². The molecule has 9 heteroatoms. The SMILES string of the molecule is Cc1cc(CN2CCN(C(=O)C3CCCN3S(C)(=O)=O)CC2)on1. The Kier molecular flexibility index (Phi) is 4.93. The number of amides is 1. The van der Waals surface area contributed by atoms with Gasteiger partial charge in [0.05, 0.1) is 18.5 Å². The number of carbonyl (C=O) groups excluding carboxylic acids is 1. The van der Waals surface area contributed by atoms with Crippen LogP contribution in [0.15, 0.2) is 10.6 Å². The predicted molar refractivity (Wildman–Crippen MR) is 87.7 cm³/mol. The van der Waals surface area contributed by atoms with Crippen LogP contribution >= 0.6 is 0 Å². The molecule has 0 spiro atoms. The van der Waals surface area contributed by atoms with Crippen LogP contribution < -0.4 is 0 Å². The van der Waals surface area contributed by atoms with Crippen molar-refractivity contribution >= 4 is 15.9 Å². The van der Waals surface area contributed by atoms with Gasteiger partial charge in [-0.25, -0.2) is 8.42 Å². The summed E-state index contributed by atoms with van der Waals surface area (Å²) in [6.45, 7) is 5.73. The zero-order chi connectivity index (χ0) is 17.3. The maximum atomic E-state index is 12.7. The van der Waals surface area contributed by atoms with E-state index >= 15 is 0 Å². The third-order valence-corrected chi connectivity index (χ3v) is 5.94. The largest absolute Gasteiger partial charge is 0.360 e. The normalized spacial score (nSPS) is 23.8. The van der Waals surface area contributed by atoms with E-state index in [1.54, 1.807) is 4.90 Å². The first-order valence-electron chi connectivity index (χ1n) is 8.25. The number of hydrogen-bond acceptors (Lipinski definition) is 6. The van der Waals surface area contributed by atoms with Gasteiger partial charge in [0.25, 0.3) is 0 Å².